The van der Waals surface area contributed by atoms with Crippen LogP contribution in [0.3, 0.4) is 0 Å². The standard InChI is InChI=1S/C27H23F2N3O4S/c1-14-15(2)22(36-23-9-10-30-21-13-25(35-4)24(34-3)12-18(21)23)8-7-20(14)31-27(37)32-26(33)17-6-5-16(28)11-19(17)29/h5-13H,1-4H3,(H2,31,32,33,37). The number of ether oxygens (including phenoxy) is 3. The Bertz CT molecular complexity index is 1530. The van der Waals surface area contributed by atoms with Gasteiger partial charge in [0.25, 0.3) is 5.91 Å². The number of carbonyl (C=O) groups excluding carboxylic acids is 1. The second-order valence-electron chi connectivity index (χ2n) is 8.03. The number of pyridine rings is 1. The Morgan fingerprint density at radius 3 is 2.32 bits per heavy atom. The predicted molar refractivity (Wildman–Crippen MR) is 141 cm³/mol. The van der Waals surface area contributed by atoms with Crippen LogP contribution < -0.4 is 24.8 Å². The summed E-state index contributed by atoms with van der Waals surface area (Å²) >= 11 is 5.22. The van der Waals surface area contributed by atoms with Crippen molar-refractivity contribution in [3.63, 3.8) is 0 Å². The number of benzene rings is 3. The lowest BCUT2D eigenvalue weighted by molar-refractivity contribution is 0.0973. The average molecular weight is 524 g/mol. The van der Waals surface area contributed by atoms with Gasteiger partial charge in [-0.25, -0.2) is 8.78 Å². The van der Waals surface area contributed by atoms with Crippen LogP contribution in [0.2, 0.25) is 0 Å². The minimum atomic E-state index is -0.978. The lowest BCUT2D eigenvalue weighted by atomic mass is 10.1. The van der Waals surface area contributed by atoms with Gasteiger partial charge in [0.2, 0.25) is 0 Å². The zero-order valence-corrected chi connectivity index (χ0v) is 21.3. The maximum Gasteiger partial charge on any atom is 0.260 e. The number of anilines is 1. The fourth-order valence-corrected chi connectivity index (χ4v) is 3.90. The third-order valence-electron chi connectivity index (χ3n) is 5.82. The van der Waals surface area contributed by atoms with E-state index in [9.17, 15) is 13.6 Å². The Labute approximate surface area is 217 Å². The minimum absolute atomic E-state index is 0.0361. The molecule has 4 aromatic rings. The van der Waals surface area contributed by atoms with Crippen molar-refractivity contribution in [3.05, 3.63) is 83.1 Å². The van der Waals surface area contributed by atoms with Crippen molar-refractivity contribution >= 4 is 39.8 Å². The summed E-state index contributed by atoms with van der Waals surface area (Å²) in [6.45, 7) is 3.76. The zero-order valence-electron chi connectivity index (χ0n) is 20.4. The number of nitrogens with one attached hydrogen (secondary N) is 2. The van der Waals surface area contributed by atoms with E-state index in [1.54, 1.807) is 50.7 Å². The molecule has 0 saturated carbocycles. The van der Waals surface area contributed by atoms with Crippen molar-refractivity contribution < 1.29 is 27.8 Å². The predicted octanol–water partition coefficient (Wildman–Crippen LogP) is 6.07. The van der Waals surface area contributed by atoms with E-state index in [0.717, 1.165) is 28.6 Å². The summed E-state index contributed by atoms with van der Waals surface area (Å²) in [6, 6.07) is 11.5. The molecule has 4 rings (SSSR count). The Balaban J connectivity index is 1.54. The molecule has 1 amide bonds. The van der Waals surface area contributed by atoms with Crippen molar-refractivity contribution in [2.24, 2.45) is 0 Å². The van der Waals surface area contributed by atoms with Gasteiger partial charge in [-0.3, -0.25) is 15.1 Å². The van der Waals surface area contributed by atoms with Gasteiger partial charge in [0.1, 0.15) is 23.1 Å². The van der Waals surface area contributed by atoms with Gasteiger partial charge in [-0.15, -0.1) is 0 Å². The molecule has 0 unspecified atom stereocenters. The molecular formula is C27H23F2N3O4S. The molecule has 0 aliphatic rings. The van der Waals surface area contributed by atoms with E-state index in [2.05, 4.69) is 15.6 Å². The maximum atomic E-state index is 13.9. The van der Waals surface area contributed by atoms with Crippen LogP contribution in [0.25, 0.3) is 10.9 Å². The number of nitrogens with zero attached hydrogens (tertiary/aromatic N) is 1. The number of carbonyl (C=O) groups is 1. The molecule has 0 bridgehead atoms. The first kappa shape index (κ1) is 25.8. The third-order valence-corrected chi connectivity index (χ3v) is 6.02. The van der Waals surface area contributed by atoms with E-state index in [4.69, 9.17) is 26.4 Å². The van der Waals surface area contributed by atoms with Gasteiger partial charge in [-0.2, -0.15) is 0 Å². The second kappa shape index (κ2) is 10.8. The van der Waals surface area contributed by atoms with Gasteiger partial charge in [0, 0.05) is 29.4 Å². The van der Waals surface area contributed by atoms with Gasteiger partial charge in [-0.1, -0.05) is 0 Å². The average Bonchev–Trinajstić information content (AvgIpc) is 2.87. The molecule has 0 fully saturated rings. The highest BCUT2D eigenvalue weighted by atomic mass is 32.1. The first-order valence-corrected chi connectivity index (χ1v) is 11.5. The summed E-state index contributed by atoms with van der Waals surface area (Å²) < 4.78 is 44.0. The summed E-state index contributed by atoms with van der Waals surface area (Å²) in [5.41, 5.74) is 2.64. The second-order valence-corrected chi connectivity index (χ2v) is 8.44. The molecule has 37 heavy (non-hydrogen) atoms. The molecule has 0 saturated heterocycles. The summed E-state index contributed by atoms with van der Waals surface area (Å²) in [7, 11) is 3.12. The maximum absolute atomic E-state index is 13.9. The smallest absolute Gasteiger partial charge is 0.260 e. The minimum Gasteiger partial charge on any atom is -0.493 e. The Morgan fingerprint density at radius 1 is 0.892 bits per heavy atom. The molecular weight excluding hydrogens is 500 g/mol. The van der Waals surface area contributed by atoms with E-state index in [1.165, 1.54) is 0 Å². The van der Waals surface area contributed by atoms with Crippen LogP contribution in [0.1, 0.15) is 21.5 Å². The van der Waals surface area contributed by atoms with E-state index in [1.807, 2.05) is 13.8 Å². The van der Waals surface area contributed by atoms with Crippen molar-refractivity contribution in [2.45, 2.75) is 13.8 Å². The number of fused-ring (bicyclic) bond motifs is 1. The lowest BCUT2D eigenvalue weighted by Gasteiger charge is -2.17. The van der Waals surface area contributed by atoms with E-state index >= 15 is 0 Å². The molecule has 3 aromatic carbocycles. The van der Waals surface area contributed by atoms with Gasteiger partial charge < -0.3 is 19.5 Å². The first-order chi connectivity index (χ1) is 17.7. The zero-order chi connectivity index (χ0) is 26.7. The molecule has 10 heteroatoms. The van der Waals surface area contributed by atoms with Gasteiger partial charge in [0.05, 0.1) is 25.3 Å². The number of methoxy groups -OCH3 is 2. The SMILES string of the molecule is COc1cc2nccc(Oc3ccc(NC(=S)NC(=O)c4ccc(F)cc4F)c(C)c3C)c2cc1OC. The highest BCUT2D eigenvalue weighted by molar-refractivity contribution is 7.80. The quantitative estimate of drug-likeness (QED) is 0.297. The van der Waals surface area contributed by atoms with E-state index in [0.29, 0.717) is 40.3 Å². The van der Waals surface area contributed by atoms with Crippen molar-refractivity contribution in [1.29, 1.82) is 0 Å². The Morgan fingerprint density at radius 2 is 1.62 bits per heavy atom. The Kier molecular flexibility index (Phi) is 7.49. The summed E-state index contributed by atoms with van der Waals surface area (Å²) in [6.07, 6.45) is 1.65. The fourth-order valence-electron chi connectivity index (χ4n) is 3.69. The Hall–Kier alpha value is -4.31. The van der Waals surface area contributed by atoms with Crippen LogP contribution in [0.5, 0.6) is 23.0 Å². The van der Waals surface area contributed by atoms with Gasteiger partial charge in [-0.05, 0) is 73.6 Å². The van der Waals surface area contributed by atoms with Crippen LogP contribution in [-0.4, -0.2) is 30.2 Å². The highest BCUT2D eigenvalue weighted by Gasteiger charge is 2.16. The normalized spacial score (nSPS) is 10.6. The van der Waals surface area contributed by atoms with E-state index in [-0.39, 0.29) is 10.7 Å². The van der Waals surface area contributed by atoms with Crippen LogP contribution in [-0.2, 0) is 0 Å². The molecule has 0 atom stereocenters. The highest BCUT2D eigenvalue weighted by Crippen LogP contribution is 2.38. The number of rotatable bonds is 6. The number of hydrogen-bond acceptors (Lipinski definition) is 6. The summed E-state index contributed by atoms with van der Waals surface area (Å²) in [5, 5.41) is 6.05. The molecule has 2 N–H and O–H groups in total. The molecule has 190 valence electrons. The molecule has 0 aliphatic carbocycles. The van der Waals surface area contributed by atoms with Gasteiger partial charge in [0.15, 0.2) is 16.6 Å². The fraction of sp³-hybridized carbons (Fsp3) is 0.148. The van der Waals surface area contributed by atoms with Crippen LogP contribution in [0.15, 0.2) is 54.7 Å². The van der Waals surface area contributed by atoms with Crippen molar-refractivity contribution in [1.82, 2.24) is 10.3 Å². The van der Waals surface area contributed by atoms with E-state index < -0.39 is 17.5 Å². The van der Waals surface area contributed by atoms with Crippen LogP contribution >= 0.6 is 12.2 Å². The van der Waals surface area contributed by atoms with Gasteiger partial charge >= 0.3 is 0 Å². The third kappa shape index (κ3) is 5.44. The number of thiocarbonyl (C=S) groups is 1. The lowest BCUT2D eigenvalue weighted by Crippen LogP contribution is -2.34. The first-order valence-electron chi connectivity index (χ1n) is 11.1. The molecule has 0 aliphatic heterocycles. The summed E-state index contributed by atoms with van der Waals surface area (Å²) in [4.78, 5) is 16.7. The molecule has 1 aromatic heterocycles. The topological polar surface area (TPSA) is 81.7 Å². The largest absolute Gasteiger partial charge is 0.493 e. The number of amides is 1. The molecule has 0 radical (unpaired) electrons. The number of aromatic nitrogens is 1. The molecule has 7 nitrogen and oxygen atoms in total. The molecule has 0 spiro atoms. The molecule has 1 heterocycles. The number of halogens is 2. The van der Waals surface area contributed by atoms with Crippen LogP contribution in [0.4, 0.5) is 14.5 Å². The summed E-state index contributed by atoms with van der Waals surface area (Å²) in [5.74, 6) is -0.244. The number of hydrogen-bond donors (Lipinski definition) is 2. The monoisotopic (exact) mass is 523 g/mol. The van der Waals surface area contributed by atoms with Crippen LogP contribution in [0, 0.1) is 25.5 Å². The van der Waals surface area contributed by atoms with Crippen molar-refractivity contribution in [3.8, 4) is 23.0 Å². The van der Waals surface area contributed by atoms with Crippen molar-refractivity contribution in [2.75, 3.05) is 19.5 Å².